The Morgan fingerprint density at radius 2 is 2.10 bits per heavy atom. The Balaban J connectivity index is 2.02. The molecule has 1 amide bonds. The van der Waals surface area contributed by atoms with Gasteiger partial charge in [-0.05, 0) is 53.8 Å². The van der Waals surface area contributed by atoms with Crippen LogP contribution in [0.3, 0.4) is 0 Å². The highest BCUT2D eigenvalue weighted by molar-refractivity contribution is 14.1. The first kappa shape index (κ1) is 14.3. The molecule has 3 rings (SSSR count). The first-order valence-electron chi connectivity index (χ1n) is 6.48. The zero-order chi connectivity index (χ0) is 15.1. The van der Waals surface area contributed by atoms with E-state index in [0.29, 0.717) is 13.1 Å². The Bertz CT molecular complexity index is 699. The zero-order valence-electron chi connectivity index (χ0n) is 11.3. The highest BCUT2D eigenvalue weighted by atomic mass is 127. The summed E-state index contributed by atoms with van der Waals surface area (Å²) in [6.45, 7) is 2.71. The van der Waals surface area contributed by atoms with Crippen molar-refractivity contribution in [2.45, 2.75) is 26.1 Å². The first-order chi connectivity index (χ1) is 9.97. The molecule has 1 atom stereocenters. The van der Waals surface area contributed by atoms with E-state index in [-0.39, 0.29) is 11.9 Å². The molecule has 2 aromatic rings. The van der Waals surface area contributed by atoms with Crippen molar-refractivity contribution in [3.05, 3.63) is 39.3 Å². The summed E-state index contributed by atoms with van der Waals surface area (Å²) >= 11 is 2.18. The Morgan fingerprint density at radius 3 is 2.71 bits per heavy atom. The maximum Gasteiger partial charge on any atom is 0.407 e. The van der Waals surface area contributed by atoms with Gasteiger partial charge in [0.1, 0.15) is 11.5 Å². The number of rotatable bonds is 1. The summed E-state index contributed by atoms with van der Waals surface area (Å²) in [6.07, 6.45) is -0.922. The number of amides is 1. The number of carbonyl (C=O) groups is 1. The molecule has 0 spiro atoms. The molecule has 110 valence electrons. The standard InChI is InChI=1S/C14H13FIN3O2/c1-8-6-19-11(7-18(8)14(20)21)12(16)13(17-19)9-2-4-10(15)5-3-9/h2-5,8H,6-7H2,1H3,(H,20,21)/t8-/m1/s1. The van der Waals surface area contributed by atoms with Gasteiger partial charge in [-0.2, -0.15) is 5.10 Å². The summed E-state index contributed by atoms with van der Waals surface area (Å²) in [5.74, 6) is -0.289. The molecule has 2 heterocycles. The number of hydrogen-bond acceptors (Lipinski definition) is 2. The SMILES string of the molecule is C[C@@H]1Cn2nc(-c3ccc(F)cc3)c(I)c2CN1C(=O)O. The summed E-state index contributed by atoms with van der Waals surface area (Å²) in [4.78, 5) is 12.7. The van der Waals surface area contributed by atoms with E-state index in [1.807, 2.05) is 11.6 Å². The monoisotopic (exact) mass is 401 g/mol. The average Bonchev–Trinajstić information content (AvgIpc) is 2.75. The van der Waals surface area contributed by atoms with Crippen LogP contribution in [0.2, 0.25) is 0 Å². The van der Waals surface area contributed by atoms with Crippen LogP contribution in [0.15, 0.2) is 24.3 Å². The first-order valence-corrected chi connectivity index (χ1v) is 7.56. The fourth-order valence-electron chi connectivity index (χ4n) is 2.49. The highest BCUT2D eigenvalue weighted by Gasteiger charge is 2.30. The molecule has 1 aromatic carbocycles. The molecule has 0 aliphatic carbocycles. The summed E-state index contributed by atoms with van der Waals surface area (Å²) in [5, 5.41) is 13.8. The Morgan fingerprint density at radius 1 is 1.43 bits per heavy atom. The van der Waals surface area contributed by atoms with Gasteiger partial charge in [0.15, 0.2) is 0 Å². The predicted molar refractivity (Wildman–Crippen MR) is 83.4 cm³/mol. The molecule has 7 heteroatoms. The Hall–Kier alpha value is -1.64. The third kappa shape index (κ3) is 2.50. The molecule has 0 unspecified atom stereocenters. The second-order valence-corrected chi connectivity index (χ2v) is 6.14. The Labute approximate surface area is 134 Å². The lowest BCUT2D eigenvalue weighted by molar-refractivity contribution is 0.105. The molecule has 1 N–H and O–H groups in total. The van der Waals surface area contributed by atoms with Crippen molar-refractivity contribution in [1.82, 2.24) is 14.7 Å². The van der Waals surface area contributed by atoms with Crippen molar-refractivity contribution in [3.63, 3.8) is 0 Å². The maximum absolute atomic E-state index is 13.0. The van der Waals surface area contributed by atoms with Crippen molar-refractivity contribution >= 4 is 28.7 Å². The molecule has 1 aliphatic heterocycles. The van der Waals surface area contributed by atoms with E-state index in [4.69, 9.17) is 0 Å². The van der Waals surface area contributed by atoms with Gasteiger partial charge in [-0.15, -0.1) is 0 Å². The van der Waals surface area contributed by atoms with Gasteiger partial charge in [-0.25, -0.2) is 9.18 Å². The van der Waals surface area contributed by atoms with Crippen molar-refractivity contribution in [2.75, 3.05) is 0 Å². The quantitative estimate of drug-likeness (QED) is 0.747. The van der Waals surface area contributed by atoms with Gasteiger partial charge in [0.2, 0.25) is 0 Å². The minimum absolute atomic E-state index is 0.119. The van der Waals surface area contributed by atoms with Crippen LogP contribution < -0.4 is 0 Å². The van der Waals surface area contributed by atoms with E-state index in [2.05, 4.69) is 27.7 Å². The summed E-state index contributed by atoms with van der Waals surface area (Å²) in [7, 11) is 0. The molecule has 0 radical (unpaired) electrons. The molecule has 0 fully saturated rings. The summed E-state index contributed by atoms with van der Waals surface area (Å²) in [5.41, 5.74) is 2.48. The summed E-state index contributed by atoms with van der Waals surface area (Å²) < 4.78 is 15.8. The second-order valence-electron chi connectivity index (χ2n) is 5.06. The third-order valence-electron chi connectivity index (χ3n) is 3.65. The van der Waals surface area contributed by atoms with E-state index in [9.17, 15) is 14.3 Å². The number of benzene rings is 1. The van der Waals surface area contributed by atoms with Crippen molar-refractivity contribution in [3.8, 4) is 11.3 Å². The second kappa shape index (κ2) is 5.28. The number of fused-ring (bicyclic) bond motifs is 1. The number of halogens is 2. The van der Waals surface area contributed by atoms with Crippen LogP contribution in [0, 0.1) is 9.39 Å². The molecule has 21 heavy (non-hydrogen) atoms. The highest BCUT2D eigenvalue weighted by Crippen LogP contribution is 2.30. The molecule has 0 bridgehead atoms. The normalized spacial score (nSPS) is 17.7. The van der Waals surface area contributed by atoms with Gasteiger partial charge in [-0.1, -0.05) is 0 Å². The van der Waals surface area contributed by atoms with E-state index in [1.54, 1.807) is 12.1 Å². The lowest BCUT2D eigenvalue weighted by atomic mass is 10.1. The van der Waals surface area contributed by atoms with Crippen LogP contribution >= 0.6 is 22.6 Å². The van der Waals surface area contributed by atoms with Gasteiger partial charge < -0.3 is 5.11 Å². The minimum atomic E-state index is -0.922. The molecule has 1 aromatic heterocycles. The van der Waals surface area contributed by atoms with Crippen molar-refractivity contribution < 1.29 is 14.3 Å². The lowest BCUT2D eigenvalue weighted by Crippen LogP contribution is -2.44. The molecule has 1 aliphatic rings. The van der Waals surface area contributed by atoms with Gasteiger partial charge in [-0.3, -0.25) is 9.58 Å². The zero-order valence-corrected chi connectivity index (χ0v) is 13.4. The van der Waals surface area contributed by atoms with Gasteiger partial charge in [0.05, 0.1) is 28.4 Å². The number of hydrogen-bond donors (Lipinski definition) is 1. The number of aromatic nitrogens is 2. The van der Waals surface area contributed by atoms with Crippen LogP contribution in [-0.2, 0) is 13.1 Å². The van der Waals surface area contributed by atoms with Gasteiger partial charge in [0.25, 0.3) is 0 Å². The number of carboxylic acid groups (broad SMARTS) is 1. The van der Waals surface area contributed by atoms with Crippen LogP contribution in [0.25, 0.3) is 11.3 Å². The largest absolute Gasteiger partial charge is 0.465 e. The Kier molecular flexibility index (Phi) is 3.60. The number of nitrogens with zero attached hydrogens (tertiary/aromatic N) is 3. The fraction of sp³-hybridized carbons (Fsp3) is 0.286. The maximum atomic E-state index is 13.0. The molecule has 0 saturated heterocycles. The fourth-order valence-corrected chi connectivity index (χ4v) is 3.36. The van der Waals surface area contributed by atoms with Crippen LogP contribution in [0.4, 0.5) is 9.18 Å². The van der Waals surface area contributed by atoms with Gasteiger partial charge >= 0.3 is 6.09 Å². The van der Waals surface area contributed by atoms with Crippen LogP contribution in [0.1, 0.15) is 12.6 Å². The van der Waals surface area contributed by atoms with Crippen molar-refractivity contribution in [1.29, 1.82) is 0 Å². The van der Waals surface area contributed by atoms with E-state index in [1.165, 1.54) is 17.0 Å². The topological polar surface area (TPSA) is 58.4 Å². The average molecular weight is 401 g/mol. The summed E-state index contributed by atoms with van der Waals surface area (Å²) in [6, 6.07) is 6.05. The van der Waals surface area contributed by atoms with Crippen LogP contribution in [0.5, 0.6) is 0 Å². The van der Waals surface area contributed by atoms with E-state index >= 15 is 0 Å². The predicted octanol–water partition coefficient (Wildman–Crippen LogP) is 3.18. The smallest absolute Gasteiger partial charge is 0.407 e. The van der Waals surface area contributed by atoms with E-state index < -0.39 is 6.09 Å². The van der Waals surface area contributed by atoms with E-state index in [0.717, 1.165) is 20.5 Å². The molecular weight excluding hydrogens is 388 g/mol. The lowest BCUT2D eigenvalue weighted by Gasteiger charge is -2.31. The van der Waals surface area contributed by atoms with Crippen molar-refractivity contribution in [2.24, 2.45) is 0 Å². The minimum Gasteiger partial charge on any atom is -0.465 e. The molecule has 5 nitrogen and oxygen atoms in total. The molecular formula is C14H13FIN3O2. The van der Waals surface area contributed by atoms with Crippen LogP contribution in [-0.4, -0.2) is 31.9 Å². The molecule has 0 saturated carbocycles. The third-order valence-corrected chi connectivity index (χ3v) is 4.78. The van der Waals surface area contributed by atoms with Gasteiger partial charge in [0, 0.05) is 5.56 Å².